The molecule has 2 rings (SSSR count). The Morgan fingerprint density at radius 1 is 1.21 bits per heavy atom. The molecule has 98 valence electrons. The molecule has 1 atom stereocenters. The molecule has 2 aromatic rings. The largest absolute Gasteiger partial charge is 0.299 e. The number of benzene rings is 2. The van der Waals surface area contributed by atoms with Crippen molar-refractivity contribution in [3.05, 3.63) is 70.5 Å². The molecular weight excluding hydrogens is 263 g/mol. The number of Topliss-reactive ketones (excluding diaryl/α,β-unsaturated/α-hetero) is 1. The first kappa shape index (κ1) is 13.8. The van der Waals surface area contributed by atoms with Crippen LogP contribution in [0, 0.1) is 5.82 Å². The van der Waals surface area contributed by atoms with Crippen molar-refractivity contribution in [3.63, 3.8) is 0 Å². The molecule has 1 unspecified atom stereocenters. The first-order valence-corrected chi connectivity index (χ1v) is 6.47. The fourth-order valence-corrected chi connectivity index (χ4v) is 2.05. The van der Waals surface area contributed by atoms with E-state index in [1.54, 1.807) is 6.07 Å². The van der Waals surface area contributed by atoms with E-state index in [9.17, 15) is 9.18 Å². The number of carbonyl (C=O) groups excluding carboxylic acids is 1. The quantitative estimate of drug-likeness (QED) is 0.809. The van der Waals surface area contributed by atoms with E-state index < -0.39 is 5.82 Å². The number of ketones is 1. The summed E-state index contributed by atoms with van der Waals surface area (Å²) in [5.41, 5.74) is 1.62. The lowest BCUT2D eigenvalue weighted by Crippen LogP contribution is -2.12. The Labute approximate surface area is 117 Å². The van der Waals surface area contributed by atoms with E-state index in [0.717, 1.165) is 5.56 Å². The van der Waals surface area contributed by atoms with Gasteiger partial charge in [0.05, 0.1) is 5.02 Å². The summed E-state index contributed by atoms with van der Waals surface area (Å²) in [5, 5.41) is 0.0762. The van der Waals surface area contributed by atoms with Crippen LogP contribution in [0.3, 0.4) is 0 Å². The van der Waals surface area contributed by atoms with Crippen molar-refractivity contribution in [2.24, 2.45) is 0 Å². The predicted octanol–water partition coefficient (Wildman–Crippen LogP) is 4.39. The van der Waals surface area contributed by atoms with Crippen LogP contribution in [0.4, 0.5) is 4.39 Å². The van der Waals surface area contributed by atoms with Crippen LogP contribution in [0.2, 0.25) is 5.02 Å². The summed E-state index contributed by atoms with van der Waals surface area (Å²) >= 11 is 5.62. The van der Waals surface area contributed by atoms with Crippen LogP contribution in [0.25, 0.3) is 0 Å². The standard InChI is InChI=1S/C16H14ClFO/c1-11(13-5-3-2-4-6-13)16(19)10-12-7-8-14(17)15(18)9-12/h2-9,11H,10H2,1H3. The van der Waals surface area contributed by atoms with Crippen molar-refractivity contribution in [2.75, 3.05) is 0 Å². The summed E-state index contributed by atoms with van der Waals surface area (Å²) < 4.78 is 13.3. The van der Waals surface area contributed by atoms with Crippen LogP contribution >= 0.6 is 11.6 Å². The normalized spacial score (nSPS) is 12.2. The van der Waals surface area contributed by atoms with Crippen LogP contribution in [-0.4, -0.2) is 5.78 Å². The van der Waals surface area contributed by atoms with Gasteiger partial charge in [0.2, 0.25) is 0 Å². The third-order valence-corrected chi connectivity index (χ3v) is 3.45. The molecule has 0 heterocycles. The first-order chi connectivity index (χ1) is 9.08. The maximum atomic E-state index is 13.3. The first-order valence-electron chi connectivity index (χ1n) is 6.09. The van der Waals surface area contributed by atoms with E-state index in [-0.39, 0.29) is 23.1 Å². The van der Waals surface area contributed by atoms with Gasteiger partial charge in [0.25, 0.3) is 0 Å². The Hall–Kier alpha value is -1.67. The maximum Gasteiger partial charge on any atom is 0.144 e. The second kappa shape index (κ2) is 5.98. The van der Waals surface area contributed by atoms with Crippen LogP contribution in [0.5, 0.6) is 0 Å². The molecule has 19 heavy (non-hydrogen) atoms. The molecule has 0 aromatic heterocycles. The molecule has 0 aliphatic carbocycles. The Morgan fingerprint density at radius 3 is 2.53 bits per heavy atom. The van der Waals surface area contributed by atoms with E-state index in [2.05, 4.69) is 0 Å². The van der Waals surface area contributed by atoms with Gasteiger partial charge in [0.15, 0.2) is 0 Å². The van der Waals surface area contributed by atoms with E-state index in [1.807, 2.05) is 37.3 Å². The van der Waals surface area contributed by atoms with Gasteiger partial charge in [-0.25, -0.2) is 4.39 Å². The molecule has 2 aromatic carbocycles. The maximum absolute atomic E-state index is 13.3. The molecule has 0 aliphatic rings. The lowest BCUT2D eigenvalue weighted by Gasteiger charge is -2.11. The zero-order chi connectivity index (χ0) is 13.8. The minimum Gasteiger partial charge on any atom is -0.299 e. The van der Waals surface area contributed by atoms with Crippen LogP contribution in [0.1, 0.15) is 24.0 Å². The number of hydrogen-bond acceptors (Lipinski definition) is 1. The molecule has 0 amide bonds. The monoisotopic (exact) mass is 276 g/mol. The Morgan fingerprint density at radius 2 is 1.89 bits per heavy atom. The van der Waals surface area contributed by atoms with Crippen LogP contribution < -0.4 is 0 Å². The second-order valence-corrected chi connectivity index (χ2v) is 4.93. The molecule has 0 spiro atoms. The van der Waals surface area contributed by atoms with Gasteiger partial charge in [-0.15, -0.1) is 0 Å². The lowest BCUT2D eigenvalue weighted by atomic mass is 9.93. The Balaban J connectivity index is 2.10. The summed E-state index contributed by atoms with van der Waals surface area (Å²) in [4.78, 5) is 12.2. The SMILES string of the molecule is CC(C(=O)Cc1ccc(Cl)c(F)c1)c1ccccc1. The van der Waals surface area contributed by atoms with Gasteiger partial charge in [0.1, 0.15) is 11.6 Å². The molecule has 0 radical (unpaired) electrons. The van der Waals surface area contributed by atoms with Crippen LogP contribution in [-0.2, 0) is 11.2 Å². The lowest BCUT2D eigenvalue weighted by molar-refractivity contribution is -0.119. The van der Waals surface area contributed by atoms with E-state index >= 15 is 0 Å². The van der Waals surface area contributed by atoms with Gasteiger partial charge in [-0.3, -0.25) is 4.79 Å². The fourth-order valence-electron chi connectivity index (χ4n) is 1.93. The number of halogens is 2. The van der Waals surface area contributed by atoms with Gasteiger partial charge >= 0.3 is 0 Å². The average molecular weight is 277 g/mol. The predicted molar refractivity (Wildman–Crippen MR) is 75.0 cm³/mol. The molecule has 0 aliphatic heterocycles. The van der Waals surface area contributed by atoms with Gasteiger partial charge in [-0.2, -0.15) is 0 Å². The van der Waals surface area contributed by atoms with Crippen molar-refractivity contribution in [1.29, 1.82) is 0 Å². The highest BCUT2D eigenvalue weighted by Gasteiger charge is 2.15. The molecule has 1 nitrogen and oxygen atoms in total. The molecule has 0 fully saturated rings. The highest BCUT2D eigenvalue weighted by Crippen LogP contribution is 2.20. The molecule has 0 saturated carbocycles. The molecule has 0 bridgehead atoms. The van der Waals surface area contributed by atoms with Crippen molar-refractivity contribution in [1.82, 2.24) is 0 Å². The zero-order valence-corrected chi connectivity index (χ0v) is 11.3. The van der Waals surface area contributed by atoms with Gasteiger partial charge in [0, 0.05) is 12.3 Å². The number of carbonyl (C=O) groups is 1. The Kier molecular flexibility index (Phi) is 4.33. The van der Waals surface area contributed by atoms with Gasteiger partial charge in [-0.05, 0) is 23.3 Å². The molecule has 0 N–H and O–H groups in total. The second-order valence-electron chi connectivity index (χ2n) is 4.52. The highest BCUT2D eigenvalue weighted by molar-refractivity contribution is 6.30. The molecule has 3 heteroatoms. The van der Waals surface area contributed by atoms with Gasteiger partial charge in [-0.1, -0.05) is 54.9 Å². The molecular formula is C16H14ClFO. The minimum absolute atomic E-state index is 0.0629. The van der Waals surface area contributed by atoms with Gasteiger partial charge < -0.3 is 0 Å². The highest BCUT2D eigenvalue weighted by atomic mass is 35.5. The smallest absolute Gasteiger partial charge is 0.144 e. The van der Waals surface area contributed by atoms with Crippen molar-refractivity contribution in [2.45, 2.75) is 19.3 Å². The summed E-state index contributed by atoms with van der Waals surface area (Å²) in [7, 11) is 0. The topological polar surface area (TPSA) is 17.1 Å². The van der Waals surface area contributed by atoms with Crippen molar-refractivity contribution < 1.29 is 9.18 Å². The molecule has 0 saturated heterocycles. The third kappa shape index (κ3) is 3.42. The summed E-state index contributed by atoms with van der Waals surface area (Å²) in [6.07, 6.45) is 0.212. The zero-order valence-electron chi connectivity index (χ0n) is 10.6. The summed E-state index contributed by atoms with van der Waals surface area (Å²) in [6, 6.07) is 14.0. The van der Waals surface area contributed by atoms with E-state index in [1.165, 1.54) is 12.1 Å². The summed E-state index contributed by atoms with van der Waals surface area (Å²) in [5.74, 6) is -0.618. The van der Waals surface area contributed by atoms with Crippen molar-refractivity contribution in [3.8, 4) is 0 Å². The van der Waals surface area contributed by atoms with Crippen LogP contribution in [0.15, 0.2) is 48.5 Å². The number of hydrogen-bond donors (Lipinski definition) is 0. The average Bonchev–Trinajstić information content (AvgIpc) is 2.43. The van der Waals surface area contributed by atoms with Crippen molar-refractivity contribution >= 4 is 17.4 Å². The summed E-state index contributed by atoms with van der Waals surface area (Å²) in [6.45, 7) is 1.87. The number of rotatable bonds is 4. The Bertz CT molecular complexity index is 581. The third-order valence-electron chi connectivity index (χ3n) is 3.14. The fraction of sp³-hybridized carbons (Fsp3) is 0.188. The van der Waals surface area contributed by atoms with E-state index in [0.29, 0.717) is 5.56 Å². The minimum atomic E-state index is -0.487. The van der Waals surface area contributed by atoms with E-state index in [4.69, 9.17) is 11.6 Å².